The molecule has 0 aromatic heterocycles. The maximum atomic E-state index is 11.9. The minimum Gasteiger partial charge on any atom is -0.300 e. The Bertz CT molecular complexity index is 349. The molecule has 4 rings (SSSR count). The van der Waals surface area contributed by atoms with Crippen molar-refractivity contribution in [1.29, 1.82) is 0 Å². The molecule has 4 aliphatic rings. The Balaban J connectivity index is 1.50. The second-order valence-corrected chi connectivity index (χ2v) is 6.98. The molecule has 0 aromatic carbocycles. The molecule has 17 heavy (non-hydrogen) atoms. The predicted molar refractivity (Wildman–Crippen MR) is 66.6 cm³/mol. The van der Waals surface area contributed by atoms with Crippen molar-refractivity contribution in [2.45, 2.75) is 45.1 Å². The van der Waals surface area contributed by atoms with Gasteiger partial charge in [0.1, 0.15) is 5.78 Å². The van der Waals surface area contributed by atoms with Gasteiger partial charge in [-0.05, 0) is 62.8 Å². The van der Waals surface area contributed by atoms with Gasteiger partial charge in [0.25, 0.3) is 0 Å². The van der Waals surface area contributed by atoms with Crippen LogP contribution in [0.2, 0.25) is 0 Å². The van der Waals surface area contributed by atoms with Crippen LogP contribution in [0, 0.1) is 29.6 Å². The van der Waals surface area contributed by atoms with Crippen molar-refractivity contribution in [2.75, 3.05) is 13.1 Å². The van der Waals surface area contributed by atoms with Gasteiger partial charge in [-0.2, -0.15) is 0 Å². The van der Waals surface area contributed by atoms with E-state index in [0.717, 1.165) is 36.1 Å². The monoisotopic (exact) mass is 233 g/mol. The van der Waals surface area contributed by atoms with Crippen LogP contribution in [0.4, 0.5) is 0 Å². The second kappa shape index (κ2) is 3.57. The highest BCUT2D eigenvalue weighted by Crippen LogP contribution is 2.57. The summed E-state index contributed by atoms with van der Waals surface area (Å²) in [5.41, 5.74) is 0. The Hall–Kier alpha value is -0.370. The van der Waals surface area contributed by atoms with E-state index in [-0.39, 0.29) is 0 Å². The first kappa shape index (κ1) is 10.5. The molecule has 0 N–H and O–H groups in total. The maximum Gasteiger partial charge on any atom is 0.136 e. The standard InChI is InChI=1S/C15H23NO/c1-9-15-11(6-14(17)12-7-13(12)15)4-5-16(9)8-10-2-3-10/h9-13,15H,2-8H2,1H3. The summed E-state index contributed by atoms with van der Waals surface area (Å²) < 4.78 is 0. The zero-order valence-corrected chi connectivity index (χ0v) is 10.8. The van der Waals surface area contributed by atoms with Crippen LogP contribution in [0.5, 0.6) is 0 Å². The van der Waals surface area contributed by atoms with Gasteiger partial charge >= 0.3 is 0 Å². The second-order valence-electron chi connectivity index (χ2n) is 6.98. The summed E-state index contributed by atoms with van der Waals surface area (Å²) in [4.78, 5) is 14.6. The largest absolute Gasteiger partial charge is 0.300 e. The van der Waals surface area contributed by atoms with Crippen LogP contribution in [0.1, 0.15) is 39.0 Å². The maximum absolute atomic E-state index is 11.9. The number of hydrogen-bond donors (Lipinski definition) is 0. The molecule has 4 fully saturated rings. The minimum atomic E-state index is 0.486. The third-order valence-electron chi connectivity index (χ3n) is 5.87. The number of hydrogen-bond acceptors (Lipinski definition) is 2. The van der Waals surface area contributed by atoms with Crippen LogP contribution in [0.25, 0.3) is 0 Å². The molecule has 1 aliphatic heterocycles. The highest BCUT2D eigenvalue weighted by molar-refractivity contribution is 5.85. The fourth-order valence-electron chi connectivity index (χ4n) is 4.62. The van der Waals surface area contributed by atoms with E-state index in [4.69, 9.17) is 0 Å². The van der Waals surface area contributed by atoms with E-state index in [1.807, 2.05) is 0 Å². The number of nitrogens with zero attached hydrogens (tertiary/aromatic N) is 1. The molecule has 3 aliphatic carbocycles. The van der Waals surface area contributed by atoms with Crippen molar-refractivity contribution in [1.82, 2.24) is 4.90 Å². The fourth-order valence-corrected chi connectivity index (χ4v) is 4.62. The van der Waals surface area contributed by atoms with Gasteiger partial charge in [-0.15, -0.1) is 0 Å². The zero-order valence-electron chi connectivity index (χ0n) is 10.8. The van der Waals surface area contributed by atoms with Crippen LogP contribution in [0.15, 0.2) is 0 Å². The summed E-state index contributed by atoms with van der Waals surface area (Å²) in [5.74, 6) is 4.45. The van der Waals surface area contributed by atoms with E-state index in [1.165, 1.54) is 38.8 Å². The van der Waals surface area contributed by atoms with E-state index in [0.29, 0.717) is 11.7 Å². The first-order valence-corrected chi connectivity index (χ1v) is 7.51. The van der Waals surface area contributed by atoms with Crippen LogP contribution in [-0.4, -0.2) is 29.8 Å². The minimum absolute atomic E-state index is 0.486. The Morgan fingerprint density at radius 2 is 2.12 bits per heavy atom. The lowest BCUT2D eigenvalue weighted by molar-refractivity contribution is -0.126. The van der Waals surface area contributed by atoms with Gasteiger partial charge in [0.2, 0.25) is 0 Å². The van der Waals surface area contributed by atoms with Crippen molar-refractivity contribution in [3.63, 3.8) is 0 Å². The fraction of sp³-hybridized carbons (Fsp3) is 0.933. The molecule has 2 nitrogen and oxygen atoms in total. The average molecular weight is 233 g/mol. The summed E-state index contributed by atoms with van der Waals surface area (Å²) in [5, 5.41) is 0. The molecule has 94 valence electrons. The van der Waals surface area contributed by atoms with Crippen molar-refractivity contribution in [3.05, 3.63) is 0 Å². The lowest BCUT2D eigenvalue weighted by Gasteiger charge is -2.46. The number of carbonyl (C=O) groups excluding carboxylic acids is 1. The van der Waals surface area contributed by atoms with Gasteiger partial charge in [-0.3, -0.25) is 4.79 Å². The molecule has 0 radical (unpaired) electrons. The Morgan fingerprint density at radius 1 is 1.29 bits per heavy atom. The molecule has 3 saturated carbocycles. The Labute approximate surface area is 104 Å². The van der Waals surface area contributed by atoms with E-state index in [9.17, 15) is 4.79 Å². The third kappa shape index (κ3) is 1.68. The Kier molecular flexibility index (Phi) is 2.21. The molecular formula is C15H23NO. The highest BCUT2D eigenvalue weighted by Gasteiger charge is 2.57. The summed E-state index contributed by atoms with van der Waals surface area (Å²) in [6.07, 6.45) is 6.34. The van der Waals surface area contributed by atoms with Gasteiger partial charge in [-0.25, -0.2) is 0 Å². The average Bonchev–Trinajstić information content (AvgIpc) is 3.14. The summed E-state index contributed by atoms with van der Waals surface area (Å²) in [7, 11) is 0. The molecule has 1 saturated heterocycles. The van der Waals surface area contributed by atoms with E-state index < -0.39 is 0 Å². The first-order chi connectivity index (χ1) is 8.24. The van der Waals surface area contributed by atoms with Crippen molar-refractivity contribution >= 4 is 5.78 Å². The van der Waals surface area contributed by atoms with Gasteiger partial charge in [0, 0.05) is 24.9 Å². The smallest absolute Gasteiger partial charge is 0.136 e. The molecule has 2 heteroatoms. The van der Waals surface area contributed by atoms with Gasteiger partial charge in [0.15, 0.2) is 0 Å². The van der Waals surface area contributed by atoms with Crippen LogP contribution in [0.3, 0.4) is 0 Å². The lowest BCUT2D eigenvalue weighted by atomic mass is 9.70. The van der Waals surface area contributed by atoms with E-state index in [1.54, 1.807) is 0 Å². The Morgan fingerprint density at radius 3 is 2.88 bits per heavy atom. The summed E-state index contributed by atoms with van der Waals surface area (Å²) >= 11 is 0. The summed E-state index contributed by atoms with van der Waals surface area (Å²) in [6, 6.07) is 0.748. The van der Waals surface area contributed by atoms with Gasteiger partial charge in [-0.1, -0.05) is 0 Å². The van der Waals surface area contributed by atoms with Crippen molar-refractivity contribution in [2.24, 2.45) is 29.6 Å². The normalized spacial score (nSPS) is 49.7. The van der Waals surface area contributed by atoms with Crippen LogP contribution in [-0.2, 0) is 4.79 Å². The molecule has 0 spiro atoms. The van der Waals surface area contributed by atoms with E-state index >= 15 is 0 Å². The first-order valence-electron chi connectivity index (χ1n) is 7.51. The molecular weight excluding hydrogens is 210 g/mol. The predicted octanol–water partition coefficient (Wildman–Crippen LogP) is 2.33. The van der Waals surface area contributed by atoms with Gasteiger partial charge in [0.05, 0.1) is 0 Å². The number of likely N-dealkylation sites (tertiary alicyclic amines) is 1. The summed E-state index contributed by atoms with van der Waals surface area (Å²) in [6.45, 7) is 5.03. The number of carbonyl (C=O) groups is 1. The third-order valence-corrected chi connectivity index (χ3v) is 5.87. The number of piperidine rings is 1. The number of rotatable bonds is 2. The molecule has 5 unspecified atom stereocenters. The molecule has 0 amide bonds. The molecule has 0 bridgehead atoms. The van der Waals surface area contributed by atoms with Crippen molar-refractivity contribution < 1.29 is 4.79 Å². The quantitative estimate of drug-likeness (QED) is 0.729. The highest BCUT2D eigenvalue weighted by atomic mass is 16.1. The van der Waals surface area contributed by atoms with E-state index in [2.05, 4.69) is 11.8 Å². The SMILES string of the molecule is CC1C2C(CCN1CC1CC1)CC(=O)C1CC12. The number of fused-ring (bicyclic) bond motifs is 3. The number of Topliss-reactive ketones (excluding diaryl/α,β-unsaturated/α-hetero) is 1. The molecule has 1 heterocycles. The van der Waals surface area contributed by atoms with Crippen LogP contribution < -0.4 is 0 Å². The molecule has 0 aromatic rings. The number of ketones is 1. The van der Waals surface area contributed by atoms with Crippen LogP contribution >= 0.6 is 0 Å². The topological polar surface area (TPSA) is 20.3 Å². The lowest BCUT2D eigenvalue weighted by Crippen LogP contribution is -2.51. The molecule has 5 atom stereocenters. The zero-order chi connectivity index (χ0) is 11.6. The van der Waals surface area contributed by atoms with Crippen molar-refractivity contribution in [3.8, 4) is 0 Å². The van der Waals surface area contributed by atoms with Gasteiger partial charge < -0.3 is 4.90 Å².